The Morgan fingerprint density at radius 1 is 1.48 bits per heavy atom. The van der Waals surface area contributed by atoms with Crippen molar-refractivity contribution in [1.29, 1.82) is 0 Å². The topological polar surface area (TPSA) is 110 Å². The van der Waals surface area contributed by atoms with Gasteiger partial charge in [0, 0.05) is 11.8 Å². The van der Waals surface area contributed by atoms with E-state index in [1.54, 1.807) is 36.4 Å². The molecule has 0 aliphatic heterocycles. The summed E-state index contributed by atoms with van der Waals surface area (Å²) in [6.45, 7) is 3.52. The molecule has 0 aliphatic carbocycles. The summed E-state index contributed by atoms with van der Waals surface area (Å²) in [6.07, 6.45) is 3.12. The number of anilines is 1. The van der Waals surface area contributed by atoms with Gasteiger partial charge in [-0.3, -0.25) is 5.84 Å². The van der Waals surface area contributed by atoms with E-state index in [4.69, 9.17) is 22.8 Å². The summed E-state index contributed by atoms with van der Waals surface area (Å²) in [5, 5.41) is 19.3. The fourth-order valence-corrected chi connectivity index (χ4v) is 2.78. The fraction of sp³-hybridized carbons (Fsp3) is 0.176. The van der Waals surface area contributed by atoms with Gasteiger partial charge in [-0.25, -0.2) is 4.79 Å². The normalized spacial score (nSPS) is 11.6. The van der Waals surface area contributed by atoms with Gasteiger partial charge in [0.05, 0.1) is 12.3 Å². The first-order valence-corrected chi connectivity index (χ1v) is 7.82. The van der Waals surface area contributed by atoms with Crippen molar-refractivity contribution in [1.82, 2.24) is 4.57 Å². The number of aromatic nitrogens is 1. The summed E-state index contributed by atoms with van der Waals surface area (Å²) in [6, 6.07) is 7.24. The van der Waals surface area contributed by atoms with E-state index in [0.29, 0.717) is 29.2 Å². The van der Waals surface area contributed by atoms with E-state index >= 15 is 0 Å². The van der Waals surface area contributed by atoms with Gasteiger partial charge in [-0.2, -0.15) is 0 Å². The second kappa shape index (κ2) is 8.43. The lowest BCUT2D eigenvalue weighted by molar-refractivity contribution is -0.139. The predicted octanol–water partition coefficient (Wildman–Crippen LogP) is 2.23. The molecule has 0 bridgehead atoms. The highest BCUT2D eigenvalue weighted by Gasteiger charge is 2.23. The average molecular weight is 361 g/mol. The number of aliphatic hydroxyl groups is 1. The minimum atomic E-state index is -1.09. The summed E-state index contributed by atoms with van der Waals surface area (Å²) in [7, 11) is 0. The molecule has 0 amide bonds. The number of hydrazine groups is 1. The van der Waals surface area contributed by atoms with Gasteiger partial charge in [-0.1, -0.05) is 37.0 Å². The van der Waals surface area contributed by atoms with Crippen LogP contribution in [-0.2, 0) is 11.4 Å². The lowest BCUT2D eigenvalue weighted by Gasteiger charge is -2.20. The van der Waals surface area contributed by atoms with Gasteiger partial charge in [0.25, 0.3) is 0 Å². The number of pyridine rings is 1. The monoisotopic (exact) mass is 361 g/mol. The molecule has 1 aromatic carbocycles. The molecule has 0 saturated carbocycles. The molecule has 5 N–H and O–H groups in total. The molecule has 1 unspecified atom stereocenters. The second-order valence-corrected chi connectivity index (χ2v) is 5.52. The van der Waals surface area contributed by atoms with Crippen molar-refractivity contribution >= 4 is 23.9 Å². The SMILES string of the molecule is C=CCOc1cccc(C(C(=O)O)n2ccc(NN)c(CO)c2=S)c1. The maximum absolute atomic E-state index is 11.9. The maximum atomic E-state index is 11.9. The number of carbonyl (C=O) groups is 1. The molecule has 7 nitrogen and oxygen atoms in total. The molecule has 1 aromatic heterocycles. The molecule has 25 heavy (non-hydrogen) atoms. The highest BCUT2D eigenvalue weighted by molar-refractivity contribution is 7.71. The Labute approximate surface area is 150 Å². The number of carboxylic acid groups (broad SMARTS) is 1. The number of aliphatic hydroxyl groups excluding tert-OH is 1. The van der Waals surface area contributed by atoms with E-state index in [2.05, 4.69) is 12.0 Å². The van der Waals surface area contributed by atoms with E-state index in [0.717, 1.165) is 0 Å². The van der Waals surface area contributed by atoms with Crippen molar-refractivity contribution in [3.63, 3.8) is 0 Å². The number of nitrogens with two attached hydrogens (primary N) is 1. The summed E-state index contributed by atoms with van der Waals surface area (Å²) < 4.78 is 7.04. The third-order valence-electron chi connectivity index (χ3n) is 3.59. The van der Waals surface area contributed by atoms with Crippen LogP contribution in [0, 0.1) is 4.64 Å². The van der Waals surface area contributed by atoms with Crippen LogP contribution >= 0.6 is 12.2 Å². The Morgan fingerprint density at radius 3 is 2.84 bits per heavy atom. The Bertz CT molecular complexity index is 835. The summed E-state index contributed by atoms with van der Waals surface area (Å²) >= 11 is 5.34. The van der Waals surface area contributed by atoms with Gasteiger partial charge in [0.2, 0.25) is 0 Å². The smallest absolute Gasteiger partial charge is 0.331 e. The van der Waals surface area contributed by atoms with Crippen LogP contribution in [0.3, 0.4) is 0 Å². The number of hydrogen-bond donors (Lipinski definition) is 4. The molecular weight excluding hydrogens is 342 g/mol. The van der Waals surface area contributed by atoms with E-state index in [9.17, 15) is 15.0 Å². The van der Waals surface area contributed by atoms with E-state index in [1.807, 2.05) is 0 Å². The van der Waals surface area contributed by atoms with Gasteiger partial charge in [0.1, 0.15) is 17.0 Å². The van der Waals surface area contributed by atoms with Gasteiger partial charge in [-0.15, -0.1) is 0 Å². The molecule has 8 heteroatoms. The van der Waals surface area contributed by atoms with Gasteiger partial charge in [-0.05, 0) is 23.8 Å². The number of rotatable bonds is 8. The molecule has 1 atom stereocenters. The van der Waals surface area contributed by atoms with Crippen LogP contribution in [0.5, 0.6) is 5.75 Å². The summed E-state index contributed by atoms with van der Waals surface area (Å²) in [4.78, 5) is 11.9. The fourth-order valence-electron chi connectivity index (χ4n) is 2.44. The summed E-state index contributed by atoms with van der Waals surface area (Å²) in [5.74, 6) is 4.84. The van der Waals surface area contributed by atoms with Gasteiger partial charge >= 0.3 is 5.97 Å². The van der Waals surface area contributed by atoms with Crippen LogP contribution in [0.25, 0.3) is 0 Å². The Kier molecular flexibility index (Phi) is 6.29. The number of nitrogen functional groups attached to an aromatic ring is 1. The number of carboxylic acids is 1. The molecule has 132 valence electrons. The van der Waals surface area contributed by atoms with Gasteiger partial charge in [0.15, 0.2) is 6.04 Å². The predicted molar refractivity (Wildman–Crippen MR) is 96.9 cm³/mol. The molecular formula is C17H19N3O4S. The highest BCUT2D eigenvalue weighted by atomic mass is 32.1. The molecule has 0 saturated heterocycles. The minimum Gasteiger partial charge on any atom is -0.490 e. The van der Waals surface area contributed by atoms with Crippen LogP contribution < -0.4 is 16.0 Å². The molecule has 0 radical (unpaired) electrons. The van der Waals surface area contributed by atoms with Crippen molar-refractivity contribution in [3.05, 3.63) is 65.0 Å². The number of hydrogen-bond acceptors (Lipinski definition) is 6. The maximum Gasteiger partial charge on any atom is 0.331 e. The Morgan fingerprint density at radius 2 is 2.24 bits per heavy atom. The van der Waals surface area contributed by atoms with Crippen LogP contribution in [0.4, 0.5) is 5.69 Å². The summed E-state index contributed by atoms with van der Waals surface area (Å²) in [5.41, 5.74) is 3.72. The highest BCUT2D eigenvalue weighted by Crippen LogP contribution is 2.26. The zero-order chi connectivity index (χ0) is 18.4. The first-order valence-electron chi connectivity index (χ1n) is 7.41. The number of ether oxygens (including phenoxy) is 1. The molecule has 2 rings (SSSR count). The zero-order valence-corrected chi connectivity index (χ0v) is 14.2. The zero-order valence-electron chi connectivity index (χ0n) is 13.4. The van der Waals surface area contributed by atoms with E-state index < -0.39 is 12.0 Å². The lowest BCUT2D eigenvalue weighted by Crippen LogP contribution is -2.22. The second-order valence-electron chi connectivity index (χ2n) is 5.14. The quantitative estimate of drug-likeness (QED) is 0.247. The minimum absolute atomic E-state index is 0.183. The lowest BCUT2D eigenvalue weighted by atomic mass is 10.1. The van der Waals surface area contributed by atoms with E-state index in [-0.39, 0.29) is 11.2 Å². The third kappa shape index (κ3) is 4.05. The molecule has 2 aromatic rings. The molecule has 1 heterocycles. The average Bonchev–Trinajstić information content (AvgIpc) is 2.61. The Hall–Kier alpha value is -2.68. The number of benzene rings is 1. The van der Waals surface area contributed by atoms with Crippen molar-refractivity contribution in [2.24, 2.45) is 5.84 Å². The first-order chi connectivity index (χ1) is 12.0. The first kappa shape index (κ1) is 18.7. The van der Waals surface area contributed by atoms with Crippen molar-refractivity contribution in [2.75, 3.05) is 12.0 Å². The van der Waals surface area contributed by atoms with Crippen LogP contribution in [0.1, 0.15) is 17.2 Å². The largest absolute Gasteiger partial charge is 0.490 e. The number of nitrogens with one attached hydrogen (secondary N) is 1. The molecule has 0 fully saturated rings. The Balaban J connectivity index is 2.55. The third-order valence-corrected chi connectivity index (χ3v) is 4.04. The van der Waals surface area contributed by atoms with Crippen LogP contribution in [-0.4, -0.2) is 27.4 Å². The molecule has 0 aliphatic rings. The van der Waals surface area contributed by atoms with E-state index in [1.165, 1.54) is 10.8 Å². The standard InChI is InChI=1S/C17H19N3O4S/c1-2-8-24-12-5-3-4-11(9-12)15(17(22)23)20-7-6-14(19-18)13(10-21)16(20)25/h2-7,9,15,19,21H,1,8,10,18H2,(H,22,23). The van der Waals surface area contributed by atoms with Crippen LogP contribution in [0.15, 0.2) is 49.2 Å². The number of nitrogens with zero attached hydrogens (tertiary/aromatic N) is 1. The van der Waals surface area contributed by atoms with Crippen molar-refractivity contribution < 1.29 is 19.7 Å². The molecule has 0 spiro atoms. The number of aliphatic carboxylic acids is 1. The van der Waals surface area contributed by atoms with Crippen molar-refractivity contribution in [2.45, 2.75) is 12.6 Å². The van der Waals surface area contributed by atoms with Gasteiger partial charge < -0.3 is 24.9 Å². The van der Waals surface area contributed by atoms with Crippen molar-refractivity contribution in [3.8, 4) is 5.75 Å². The van der Waals surface area contributed by atoms with Crippen LogP contribution in [0.2, 0.25) is 0 Å².